The van der Waals surface area contributed by atoms with E-state index in [-0.39, 0.29) is 11.6 Å². The lowest BCUT2D eigenvalue weighted by Gasteiger charge is -2.03. The van der Waals surface area contributed by atoms with Gasteiger partial charge in [0.15, 0.2) is 5.82 Å². The number of rotatable bonds is 5. The standard InChI is InChI=1S/C13H16N4O3/c1-8(2)14-7-12-15-13(20-16-12)10-6-9(3)4-5-11(10)17(18)19/h4-6,8,14H,7H2,1-3H3. The van der Waals surface area contributed by atoms with Crippen LogP contribution in [0.4, 0.5) is 5.69 Å². The first-order valence-corrected chi connectivity index (χ1v) is 6.28. The van der Waals surface area contributed by atoms with Crippen LogP contribution in [0.3, 0.4) is 0 Å². The molecule has 0 aliphatic carbocycles. The van der Waals surface area contributed by atoms with Crippen LogP contribution in [-0.4, -0.2) is 21.1 Å². The molecule has 7 nitrogen and oxygen atoms in total. The molecule has 0 fully saturated rings. The Bertz CT molecular complexity index is 622. The third-order valence-electron chi connectivity index (χ3n) is 2.72. The second-order valence-electron chi connectivity index (χ2n) is 4.83. The van der Waals surface area contributed by atoms with Crippen LogP contribution in [-0.2, 0) is 6.54 Å². The summed E-state index contributed by atoms with van der Waals surface area (Å²) in [6.07, 6.45) is 0. The van der Waals surface area contributed by atoms with Gasteiger partial charge in [-0.2, -0.15) is 4.98 Å². The van der Waals surface area contributed by atoms with E-state index >= 15 is 0 Å². The molecule has 1 heterocycles. The summed E-state index contributed by atoms with van der Waals surface area (Å²) in [6, 6.07) is 5.09. The lowest BCUT2D eigenvalue weighted by Crippen LogP contribution is -2.22. The molecule has 0 saturated carbocycles. The van der Waals surface area contributed by atoms with Crippen molar-refractivity contribution in [2.24, 2.45) is 0 Å². The van der Waals surface area contributed by atoms with E-state index in [2.05, 4.69) is 15.5 Å². The van der Waals surface area contributed by atoms with Gasteiger partial charge in [-0.1, -0.05) is 25.1 Å². The molecule has 0 unspecified atom stereocenters. The summed E-state index contributed by atoms with van der Waals surface area (Å²) in [4.78, 5) is 14.8. The van der Waals surface area contributed by atoms with E-state index in [4.69, 9.17) is 4.52 Å². The van der Waals surface area contributed by atoms with Crippen molar-refractivity contribution in [3.8, 4) is 11.5 Å². The molecule has 106 valence electrons. The van der Waals surface area contributed by atoms with Crippen molar-refractivity contribution in [1.29, 1.82) is 0 Å². The highest BCUT2D eigenvalue weighted by molar-refractivity contribution is 5.67. The summed E-state index contributed by atoms with van der Waals surface area (Å²) >= 11 is 0. The van der Waals surface area contributed by atoms with Gasteiger partial charge >= 0.3 is 0 Å². The van der Waals surface area contributed by atoms with Crippen LogP contribution in [0.25, 0.3) is 11.5 Å². The molecule has 1 N–H and O–H groups in total. The Labute approximate surface area is 116 Å². The van der Waals surface area contributed by atoms with Crippen LogP contribution in [0.5, 0.6) is 0 Å². The molecule has 0 aliphatic rings. The van der Waals surface area contributed by atoms with Gasteiger partial charge in [-0.3, -0.25) is 10.1 Å². The van der Waals surface area contributed by atoms with Crippen LogP contribution < -0.4 is 5.32 Å². The summed E-state index contributed by atoms with van der Waals surface area (Å²) in [5.41, 5.74) is 1.20. The molecule has 1 aromatic heterocycles. The second-order valence-corrected chi connectivity index (χ2v) is 4.83. The Balaban J connectivity index is 2.32. The van der Waals surface area contributed by atoms with Gasteiger partial charge < -0.3 is 9.84 Å². The minimum absolute atomic E-state index is 0.0392. The topological polar surface area (TPSA) is 94.1 Å². The van der Waals surface area contributed by atoms with Crippen molar-refractivity contribution >= 4 is 5.69 Å². The molecule has 0 amide bonds. The van der Waals surface area contributed by atoms with Gasteiger partial charge in [-0.25, -0.2) is 0 Å². The molecule has 0 aliphatic heterocycles. The highest BCUT2D eigenvalue weighted by atomic mass is 16.6. The molecule has 0 atom stereocenters. The van der Waals surface area contributed by atoms with E-state index in [1.165, 1.54) is 6.07 Å². The first-order chi connectivity index (χ1) is 9.47. The zero-order chi connectivity index (χ0) is 14.7. The summed E-state index contributed by atoms with van der Waals surface area (Å²) in [7, 11) is 0. The fourth-order valence-corrected chi connectivity index (χ4v) is 1.71. The molecule has 1 aromatic carbocycles. The lowest BCUT2D eigenvalue weighted by atomic mass is 10.1. The number of nitrogens with one attached hydrogen (secondary N) is 1. The number of aromatic nitrogens is 2. The van der Waals surface area contributed by atoms with E-state index in [0.29, 0.717) is 24.0 Å². The maximum Gasteiger partial charge on any atom is 0.282 e. The predicted molar refractivity (Wildman–Crippen MR) is 73.1 cm³/mol. The molecule has 2 aromatic rings. The van der Waals surface area contributed by atoms with Crippen LogP contribution in [0.15, 0.2) is 22.7 Å². The highest BCUT2D eigenvalue weighted by Crippen LogP contribution is 2.29. The number of benzene rings is 1. The van der Waals surface area contributed by atoms with Gasteiger partial charge in [-0.05, 0) is 18.6 Å². The van der Waals surface area contributed by atoms with Gasteiger partial charge in [0.1, 0.15) is 5.56 Å². The average Bonchev–Trinajstić information content (AvgIpc) is 2.84. The highest BCUT2D eigenvalue weighted by Gasteiger charge is 2.20. The van der Waals surface area contributed by atoms with Gasteiger partial charge in [-0.15, -0.1) is 0 Å². The summed E-state index contributed by atoms with van der Waals surface area (Å²) < 4.78 is 5.12. The summed E-state index contributed by atoms with van der Waals surface area (Å²) in [6.45, 7) is 6.32. The number of nitro benzene ring substituents is 1. The van der Waals surface area contributed by atoms with Gasteiger partial charge in [0.05, 0.1) is 11.5 Å². The van der Waals surface area contributed by atoms with E-state index in [9.17, 15) is 10.1 Å². The number of hydrogen-bond donors (Lipinski definition) is 1. The van der Waals surface area contributed by atoms with Crippen molar-refractivity contribution in [1.82, 2.24) is 15.5 Å². The third kappa shape index (κ3) is 3.18. The van der Waals surface area contributed by atoms with E-state index in [1.54, 1.807) is 12.1 Å². The minimum Gasteiger partial charge on any atom is -0.334 e. The van der Waals surface area contributed by atoms with Gasteiger partial charge in [0.25, 0.3) is 11.6 Å². The Kier molecular flexibility index (Phi) is 4.09. The van der Waals surface area contributed by atoms with Crippen molar-refractivity contribution in [3.05, 3.63) is 39.7 Å². The fraction of sp³-hybridized carbons (Fsp3) is 0.385. The van der Waals surface area contributed by atoms with E-state index < -0.39 is 4.92 Å². The van der Waals surface area contributed by atoms with Crippen molar-refractivity contribution < 1.29 is 9.45 Å². The quantitative estimate of drug-likeness (QED) is 0.665. The maximum absolute atomic E-state index is 11.0. The smallest absolute Gasteiger partial charge is 0.282 e. The van der Waals surface area contributed by atoms with Crippen LogP contribution in [0.2, 0.25) is 0 Å². The van der Waals surface area contributed by atoms with Gasteiger partial charge in [0.2, 0.25) is 0 Å². The normalized spacial score (nSPS) is 11.0. The maximum atomic E-state index is 11.0. The Morgan fingerprint density at radius 2 is 2.20 bits per heavy atom. The number of hydrogen-bond acceptors (Lipinski definition) is 6. The minimum atomic E-state index is -0.453. The summed E-state index contributed by atoms with van der Waals surface area (Å²) in [5, 5.41) is 18.0. The molecule has 7 heteroatoms. The number of nitrogens with zero attached hydrogens (tertiary/aromatic N) is 3. The van der Waals surface area contributed by atoms with Crippen LogP contribution in [0, 0.1) is 17.0 Å². The predicted octanol–water partition coefficient (Wildman–Crippen LogP) is 2.45. The SMILES string of the molecule is Cc1ccc([N+](=O)[O-])c(-c2nc(CNC(C)C)no2)c1. The van der Waals surface area contributed by atoms with E-state index in [0.717, 1.165) is 5.56 Å². The molecule has 0 saturated heterocycles. The third-order valence-corrected chi connectivity index (χ3v) is 2.72. The first-order valence-electron chi connectivity index (χ1n) is 6.28. The molecule has 0 radical (unpaired) electrons. The molecule has 2 rings (SSSR count). The zero-order valence-corrected chi connectivity index (χ0v) is 11.6. The molecule has 0 spiro atoms. The monoisotopic (exact) mass is 276 g/mol. The fourth-order valence-electron chi connectivity index (χ4n) is 1.71. The van der Waals surface area contributed by atoms with Gasteiger partial charge in [0, 0.05) is 12.1 Å². The molecular weight excluding hydrogens is 260 g/mol. The number of aryl methyl sites for hydroxylation is 1. The Morgan fingerprint density at radius 1 is 1.45 bits per heavy atom. The van der Waals surface area contributed by atoms with Crippen LogP contribution >= 0.6 is 0 Å². The van der Waals surface area contributed by atoms with E-state index in [1.807, 2.05) is 20.8 Å². The Morgan fingerprint density at radius 3 is 2.85 bits per heavy atom. The van der Waals surface area contributed by atoms with Crippen molar-refractivity contribution in [2.45, 2.75) is 33.4 Å². The molecule has 20 heavy (non-hydrogen) atoms. The number of nitro groups is 1. The first kappa shape index (κ1) is 14.1. The summed E-state index contributed by atoms with van der Waals surface area (Å²) in [5.74, 6) is 0.644. The van der Waals surface area contributed by atoms with Crippen molar-refractivity contribution in [3.63, 3.8) is 0 Å². The second kappa shape index (κ2) is 5.79. The molecule has 0 bridgehead atoms. The molecular formula is C13H16N4O3. The zero-order valence-electron chi connectivity index (χ0n) is 11.6. The van der Waals surface area contributed by atoms with Crippen molar-refractivity contribution in [2.75, 3.05) is 0 Å². The Hall–Kier alpha value is -2.28. The average molecular weight is 276 g/mol. The lowest BCUT2D eigenvalue weighted by molar-refractivity contribution is -0.384. The largest absolute Gasteiger partial charge is 0.334 e. The van der Waals surface area contributed by atoms with Crippen LogP contribution in [0.1, 0.15) is 25.2 Å².